The summed E-state index contributed by atoms with van der Waals surface area (Å²) in [6.07, 6.45) is -1.07. The quantitative estimate of drug-likeness (QED) is 0.365. The van der Waals surface area contributed by atoms with Crippen molar-refractivity contribution >= 4 is 17.5 Å². The second-order valence-electron chi connectivity index (χ2n) is 9.62. The van der Waals surface area contributed by atoms with Crippen LogP contribution in [0.2, 0.25) is 0 Å². The average Bonchev–Trinajstić information content (AvgIpc) is 3.55. The molecule has 0 fully saturated rings. The summed E-state index contributed by atoms with van der Waals surface area (Å²) >= 11 is 0. The number of aromatic nitrogens is 6. The van der Waals surface area contributed by atoms with Crippen molar-refractivity contribution in [2.45, 2.75) is 40.0 Å². The highest BCUT2D eigenvalue weighted by atomic mass is 19.4. The minimum Gasteiger partial charge on any atom is -0.370 e. The van der Waals surface area contributed by atoms with Gasteiger partial charge in [0.15, 0.2) is 5.82 Å². The maximum atomic E-state index is 13.7. The van der Waals surface area contributed by atoms with Crippen LogP contribution in [0.4, 0.5) is 24.8 Å². The third-order valence-corrected chi connectivity index (χ3v) is 6.26. The summed E-state index contributed by atoms with van der Waals surface area (Å²) in [7, 11) is 1.83. The highest BCUT2D eigenvalue weighted by Crippen LogP contribution is 2.39. The number of anilines is 2. The summed E-state index contributed by atoms with van der Waals surface area (Å²) in [6.45, 7) is 7.07. The second-order valence-corrected chi connectivity index (χ2v) is 9.62. The van der Waals surface area contributed by atoms with E-state index in [2.05, 4.69) is 34.3 Å². The summed E-state index contributed by atoms with van der Waals surface area (Å²) in [4.78, 5) is 19.1. The predicted molar refractivity (Wildman–Crippen MR) is 136 cm³/mol. The molecular formula is C26H27F3N8O. The molecule has 0 aliphatic carbocycles. The normalized spacial score (nSPS) is 13.5. The minimum absolute atomic E-state index is 0.0259. The number of halogens is 3. The Balaban J connectivity index is 1.63. The van der Waals surface area contributed by atoms with Gasteiger partial charge in [-0.3, -0.25) is 14.4 Å². The smallest absolute Gasteiger partial charge is 0.370 e. The van der Waals surface area contributed by atoms with E-state index >= 15 is 0 Å². The number of rotatable bonds is 7. The maximum Gasteiger partial charge on any atom is 0.416 e. The first-order chi connectivity index (χ1) is 18.1. The number of benzene rings is 1. The lowest BCUT2D eigenvalue weighted by Gasteiger charge is -2.18. The van der Waals surface area contributed by atoms with Crippen molar-refractivity contribution in [2.24, 2.45) is 13.0 Å². The van der Waals surface area contributed by atoms with Gasteiger partial charge >= 0.3 is 6.18 Å². The van der Waals surface area contributed by atoms with Crippen LogP contribution in [0.3, 0.4) is 0 Å². The first-order valence-corrected chi connectivity index (χ1v) is 12.3. The van der Waals surface area contributed by atoms with Crippen LogP contribution in [0.1, 0.15) is 42.3 Å². The molecule has 1 aliphatic rings. The first kappa shape index (κ1) is 25.4. The number of hydrogen-bond donors (Lipinski definition) is 1. The van der Waals surface area contributed by atoms with Crippen LogP contribution in [0.25, 0.3) is 22.6 Å². The third kappa shape index (κ3) is 4.61. The Kier molecular flexibility index (Phi) is 6.41. The molecule has 12 heteroatoms. The fourth-order valence-electron chi connectivity index (χ4n) is 4.64. The van der Waals surface area contributed by atoms with E-state index in [9.17, 15) is 18.0 Å². The number of nitrogens with zero attached hydrogens (tertiary/aromatic N) is 7. The summed E-state index contributed by atoms with van der Waals surface area (Å²) in [6, 6.07) is 7.16. The molecule has 0 bridgehead atoms. The van der Waals surface area contributed by atoms with Crippen LogP contribution >= 0.6 is 0 Å². The summed E-state index contributed by atoms with van der Waals surface area (Å²) in [5, 5.41) is 16.2. The third-order valence-electron chi connectivity index (χ3n) is 6.26. The van der Waals surface area contributed by atoms with Gasteiger partial charge in [0.1, 0.15) is 23.7 Å². The van der Waals surface area contributed by atoms with Gasteiger partial charge in [0.2, 0.25) is 0 Å². The van der Waals surface area contributed by atoms with E-state index in [0.29, 0.717) is 41.9 Å². The number of pyridine rings is 1. The average molecular weight is 525 g/mol. The number of nitrogens with one attached hydrogen (secondary N) is 1. The van der Waals surface area contributed by atoms with E-state index in [1.165, 1.54) is 17.0 Å². The molecule has 1 amide bonds. The van der Waals surface area contributed by atoms with E-state index in [1.54, 1.807) is 17.0 Å². The molecule has 0 spiro atoms. The van der Waals surface area contributed by atoms with Crippen molar-refractivity contribution in [3.05, 3.63) is 59.5 Å². The minimum atomic E-state index is -4.57. The Labute approximate surface area is 217 Å². The van der Waals surface area contributed by atoms with Crippen LogP contribution < -0.4 is 10.2 Å². The van der Waals surface area contributed by atoms with Crippen molar-refractivity contribution in [1.82, 2.24) is 29.5 Å². The second kappa shape index (κ2) is 9.58. The number of fused-ring (bicyclic) bond motifs is 1. The Morgan fingerprint density at radius 1 is 1.16 bits per heavy atom. The molecule has 0 saturated carbocycles. The molecule has 0 unspecified atom stereocenters. The SMILES string of the molecule is CCNc1cc(-c2nn(CC(C)C)cc2-c2nncn2C)cc(N2Cc3c(cccc3C(F)(F)F)C2=O)n1. The molecule has 1 aliphatic heterocycles. The van der Waals surface area contributed by atoms with Crippen LogP contribution in [-0.2, 0) is 26.3 Å². The van der Waals surface area contributed by atoms with Crippen molar-refractivity contribution in [3.63, 3.8) is 0 Å². The van der Waals surface area contributed by atoms with Crippen LogP contribution in [-0.4, -0.2) is 42.0 Å². The Bertz CT molecular complexity index is 1500. The van der Waals surface area contributed by atoms with E-state index in [1.807, 2.05) is 30.9 Å². The molecule has 4 aromatic rings. The monoisotopic (exact) mass is 524 g/mol. The Hall–Kier alpha value is -4.22. The fourth-order valence-corrected chi connectivity index (χ4v) is 4.64. The predicted octanol–water partition coefficient (Wildman–Crippen LogP) is 5.01. The lowest BCUT2D eigenvalue weighted by Crippen LogP contribution is -2.24. The number of carbonyl (C=O) groups is 1. The van der Waals surface area contributed by atoms with Crippen molar-refractivity contribution in [2.75, 3.05) is 16.8 Å². The van der Waals surface area contributed by atoms with Crippen molar-refractivity contribution in [1.29, 1.82) is 0 Å². The van der Waals surface area contributed by atoms with Crippen molar-refractivity contribution in [3.8, 4) is 22.6 Å². The topological polar surface area (TPSA) is 93.8 Å². The van der Waals surface area contributed by atoms with E-state index in [0.717, 1.165) is 11.6 Å². The van der Waals surface area contributed by atoms with Gasteiger partial charge in [0.25, 0.3) is 5.91 Å². The molecule has 5 rings (SSSR count). The molecule has 9 nitrogen and oxygen atoms in total. The maximum absolute atomic E-state index is 13.7. The van der Waals surface area contributed by atoms with E-state index in [4.69, 9.17) is 5.10 Å². The lowest BCUT2D eigenvalue weighted by atomic mass is 10.0. The van der Waals surface area contributed by atoms with Gasteiger partial charge in [0.05, 0.1) is 17.7 Å². The highest BCUT2D eigenvalue weighted by Gasteiger charge is 2.40. The number of amides is 1. The van der Waals surface area contributed by atoms with Gasteiger partial charge in [-0.1, -0.05) is 19.9 Å². The molecule has 1 aromatic carbocycles. The number of alkyl halides is 3. The zero-order chi connectivity index (χ0) is 27.2. The van der Waals surface area contributed by atoms with Gasteiger partial charge in [0, 0.05) is 37.5 Å². The van der Waals surface area contributed by atoms with E-state index in [-0.39, 0.29) is 23.5 Å². The molecule has 198 valence electrons. The molecule has 1 N–H and O–H groups in total. The number of hydrogen-bond acceptors (Lipinski definition) is 6. The van der Waals surface area contributed by atoms with Gasteiger partial charge in [-0.05, 0) is 42.7 Å². The van der Waals surface area contributed by atoms with Crippen LogP contribution in [0.15, 0.2) is 42.9 Å². The summed E-state index contributed by atoms with van der Waals surface area (Å²) < 4.78 is 44.6. The molecule has 38 heavy (non-hydrogen) atoms. The Morgan fingerprint density at radius 3 is 2.61 bits per heavy atom. The van der Waals surface area contributed by atoms with Gasteiger partial charge in [-0.25, -0.2) is 4.98 Å². The molecule has 0 saturated heterocycles. The van der Waals surface area contributed by atoms with Gasteiger partial charge in [-0.15, -0.1) is 10.2 Å². The fraction of sp³-hybridized carbons (Fsp3) is 0.346. The first-order valence-electron chi connectivity index (χ1n) is 12.3. The molecule has 0 atom stereocenters. The number of aryl methyl sites for hydroxylation is 1. The zero-order valence-corrected chi connectivity index (χ0v) is 21.4. The Morgan fingerprint density at radius 2 is 1.95 bits per heavy atom. The number of carbonyl (C=O) groups excluding carboxylic acids is 1. The zero-order valence-electron chi connectivity index (χ0n) is 21.4. The highest BCUT2D eigenvalue weighted by molar-refractivity contribution is 6.10. The van der Waals surface area contributed by atoms with Gasteiger partial charge in [-0.2, -0.15) is 18.3 Å². The molecule has 0 radical (unpaired) electrons. The standard InChI is InChI=1S/C26H27F3N8O/c1-5-30-21-9-16(23-19(24-33-31-14-35(24)4)12-36(34-23)11-15(2)3)10-22(32-21)37-13-18-17(25(37)38)7-6-8-20(18)26(27,28)29/h6-10,12,14-15H,5,11,13H2,1-4H3,(H,30,32). The molecular weight excluding hydrogens is 497 g/mol. The van der Waals surface area contributed by atoms with Crippen LogP contribution in [0, 0.1) is 5.92 Å². The summed E-state index contributed by atoms with van der Waals surface area (Å²) in [5.41, 5.74) is 1.14. The lowest BCUT2D eigenvalue weighted by molar-refractivity contribution is -0.138. The molecule has 3 aromatic heterocycles. The van der Waals surface area contributed by atoms with Gasteiger partial charge < -0.3 is 9.88 Å². The van der Waals surface area contributed by atoms with E-state index < -0.39 is 17.6 Å². The largest absolute Gasteiger partial charge is 0.416 e. The van der Waals surface area contributed by atoms with Crippen molar-refractivity contribution < 1.29 is 18.0 Å². The van der Waals surface area contributed by atoms with Crippen LogP contribution in [0.5, 0.6) is 0 Å². The summed E-state index contributed by atoms with van der Waals surface area (Å²) in [5.74, 6) is 1.12. The molecule has 4 heterocycles.